The summed E-state index contributed by atoms with van der Waals surface area (Å²) >= 11 is 0. The molecule has 0 aliphatic heterocycles. The van der Waals surface area contributed by atoms with Crippen molar-refractivity contribution in [1.82, 2.24) is 4.98 Å². The number of nitro benzene ring substituents is 1. The first-order chi connectivity index (χ1) is 9.15. The van der Waals surface area contributed by atoms with Gasteiger partial charge in [0.15, 0.2) is 5.82 Å². The van der Waals surface area contributed by atoms with Crippen LogP contribution in [0.25, 0.3) is 10.9 Å². The topological polar surface area (TPSA) is 68.1 Å². The second-order valence-electron chi connectivity index (χ2n) is 3.69. The number of nitro groups is 1. The maximum absolute atomic E-state index is 13.9. The van der Waals surface area contributed by atoms with Crippen molar-refractivity contribution in [3.8, 4) is 11.8 Å². The summed E-state index contributed by atoms with van der Waals surface area (Å²) < 4.78 is 13.9. The Morgan fingerprint density at radius 3 is 3.05 bits per heavy atom. The lowest BCUT2D eigenvalue weighted by molar-refractivity contribution is -0.383. The summed E-state index contributed by atoms with van der Waals surface area (Å²) in [7, 11) is 0. The highest BCUT2D eigenvalue weighted by Crippen LogP contribution is 2.32. The van der Waals surface area contributed by atoms with Crippen molar-refractivity contribution >= 4 is 22.3 Å². The number of benzene rings is 1. The molecule has 0 unspecified atom stereocenters. The van der Waals surface area contributed by atoms with Crippen molar-refractivity contribution in [3.63, 3.8) is 0 Å². The number of nitrogens with one attached hydrogen (secondary N) is 1. The van der Waals surface area contributed by atoms with Gasteiger partial charge >= 0.3 is 0 Å². The molecule has 0 spiro atoms. The van der Waals surface area contributed by atoms with Crippen LogP contribution in [-0.2, 0) is 0 Å². The van der Waals surface area contributed by atoms with Crippen molar-refractivity contribution < 1.29 is 9.31 Å². The van der Waals surface area contributed by atoms with Crippen LogP contribution in [-0.4, -0.2) is 16.5 Å². The molecule has 0 atom stereocenters. The molecule has 2 aromatic rings. The van der Waals surface area contributed by atoms with E-state index in [1.54, 1.807) is 13.0 Å². The Labute approximate surface area is 108 Å². The van der Waals surface area contributed by atoms with E-state index in [9.17, 15) is 14.5 Å². The molecule has 5 nitrogen and oxygen atoms in total. The lowest BCUT2D eigenvalue weighted by Gasteiger charge is -2.08. The number of aromatic nitrogens is 1. The highest BCUT2D eigenvalue weighted by atomic mass is 19.1. The summed E-state index contributed by atoms with van der Waals surface area (Å²) in [5, 5.41) is 14.0. The van der Waals surface area contributed by atoms with Crippen molar-refractivity contribution in [2.45, 2.75) is 6.92 Å². The molecule has 0 aliphatic carbocycles. The van der Waals surface area contributed by atoms with Crippen LogP contribution in [0.1, 0.15) is 6.92 Å². The van der Waals surface area contributed by atoms with Crippen LogP contribution in [0.3, 0.4) is 0 Å². The molecule has 96 valence electrons. The number of non-ortho nitro benzene ring substituents is 1. The highest BCUT2D eigenvalue weighted by Gasteiger charge is 2.19. The van der Waals surface area contributed by atoms with Crippen molar-refractivity contribution in [2.24, 2.45) is 0 Å². The van der Waals surface area contributed by atoms with Gasteiger partial charge < -0.3 is 5.32 Å². The first-order valence-corrected chi connectivity index (χ1v) is 5.50. The number of rotatable bonds is 3. The first-order valence-electron chi connectivity index (χ1n) is 5.50. The SMILES string of the molecule is CC#CCNc1c(F)cc([N+](=O)[O-])c2cccnc12. The molecule has 0 aliphatic rings. The zero-order valence-electron chi connectivity index (χ0n) is 10.1. The monoisotopic (exact) mass is 259 g/mol. The van der Waals surface area contributed by atoms with Gasteiger partial charge in [-0.1, -0.05) is 5.92 Å². The highest BCUT2D eigenvalue weighted by molar-refractivity contribution is 5.97. The Kier molecular flexibility index (Phi) is 3.57. The molecule has 1 aromatic heterocycles. The fourth-order valence-electron chi connectivity index (χ4n) is 1.73. The Morgan fingerprint density at radius 1 is 1.58 bits per heavy atom. The van der Waals surface area contributed by atoms with Crippen molar-refractivity contribution in [3.05, 3.63) is 40.3 Å². The van der Waals surface area contributed by atoms with Gasteiger partial charge in [0.1, 0.15) is 5.52 Å². The van der Waals surface area contributed by atoms with Crippen LogP contribution < -0.4 is 5.32 Å². The van der Waals surface area contributed by atoms with Gasteiger partial charge in [-0.05, 0) is 19.1 Å². The van der Waals surface area contributed by atoms with Gasteiger partial charge in [-0.15, -0.1) is 5.92 Å². The summed E-state index contributed by atoms with van der Waals surface area (Å²) in [6.07, 6.45) is 1.46. The molecule has 1 aromatic carbocycles. The minimum Gasteiger partial charge on any atom is -0.370 e. The number of nitrogens with zero attached hydrogens (tertiary/aromatic N) is 2. The summed E-state index contributed by atoms with van der Waals surface area (Å²) in [5.74, 6) is 4.70. The van der Waals surface area contributed by atoms with Crippen molar-refractivity contribution in [2.75, 3.05) is 11.9 Å². The second-order valence-corrected chi connectivity index (χ2v) is 3.69. The molecule has 1 heterocycles. The van der Waals surface area contributed by atoms with Gasteiger partial charge in [-0.25, -0.2) is 4.39 Å². The Bertz CT molecular complexity index is 704. The molecule has 0 radical (unpaired) electrons. The molecule has 2 rings (SSSR count). The van der Waals surface area contributed by atoms with Crippen LogP contribution in [0.4, 0.5) is 15.8 Å². The number of hydrogen-bond donors (Lipinski definition) is 1. The van der Waals surface area contributed by atoms with E-state index >= 15 is 0 Å². The summed E-state index contributed by atoms with van der Waals surface area (Å²) in [6, 6.07) is 4.01. The Hall–Kier alpha value is -2.68. The number of fused-ring (bicyclic) bond motifs is 1. The lowest BCUT2D eigenvalue weighted by atomic mass is 10.1. The fourth-order valence-corrected chi connectivity index (χ4v) is 1.73. The quantitative estimate of drug-likeness (QED) is 0.522. The third-order valence-corrected chi connectivity index (χ3v) is 2.55. The number of halogens is 1. The summed E-state index contributed by atoms with van der Waals surface area (Å²) in [4.78, 5) is 14.3. The van der Waals surface area contributed by atoms with Gasteiger partial charge in [-0.3, -0.25) is 15.1 Å². The fraction of sp³-hybridized carbons (Fsp3) is 0.154. The molecule has 0 bridgehead atoms. The van der Waals surface area contributed by atoms with E-state index in [2.05, 4.69) is 22.1 Å². The van der Waals surface area contributed by atoms with Crippen LogP contribution in [0.2, 0.25) is 0 Å². The number of pyridine rings is 1. The Morgan fingerprint density at radius 2 is 2.37 bits per heavy atom. The molecule has 19 heavy (non-hydrogen) atoms. The molecule has 0 saturated carbocycles. The van der Waals surface area contributed by atoms with Crippen LogP contribution >= 0.6 is 0 Å². The average molecular weight is 259 g/mol. The normalized spacial score (nSPS) is 9.79. The van der Waals surface area contributed by atoms with Crippen LogP contribution in [0.5, 0.6) is 0 Å². The van der Waals surface area contributed by atoms with E-state index in [1.165, 1.54) is 12.3 Å². The molecule has 6 heteroatoms. The van der Waals surface area contributed by atoms with Crippen LogP contribution in [0.15, 0.2) is 24.4 Å². The molecular formula is C13H10FN3O2. The molecule has 0 saturated heterocycles. The minimum atomic E-state index is -0.712. The van der Waals surface area contributed by atoms with Crippen molar-refractivity contribution in [1.29, 1.82) is 0 Å². The molecule has 0 amide bonds. The molecular weight excluding hydrogens is 249 g/mol. The maximum Gasteiger partial charge on any atom is 0.281 e. The zero-order valence-corrected chi connectivity index (χ0v) is 10.1. The van der Waals surface area contributed by atoms with Gasteiger partial charge in [0.05, 0.1) is 28.6 Å². The molecule has 0 fully saturated rings. The largest absolute Gasteiger partial charge is 0.370 e. The third kappa shape index (κ3) is 2.45. The Balaban J connectivity index is 2.63. The van der Waals surface area contributed by atoms with E-state index in [0.717, 1.165) is 6.07 Å². The van der Waals surface area contributed by atoms with Gasteiger partial charge in [-0.2, -0.15) is 0 Å². The molecule has 1 N–H and O–H groups in total. The van der Waals surface area contributed by atoms with E-state index in [1.807, 2.05) is 0 Å². The minimum absolute atomic E-state index is 0.129. The van der Waals surface area contributed by atoms with E-state index in [0.29, 0.717) is 5.39 Å². The standard InChI is InChI=1S/C13H10FN3O2/c1-2-3-6-16-13-10(14)8-11(17(18)19)9-5-4-7-15-12(9)13/h4-5,7-8,16H,6H2,1H3. The second kappa shape index (κ2) is 5.31. The van der Waals surface area contributed by atoms with Gasteiger partial charge in [0, 0.05) is 6.20 Å². The van der Waals surface area contributed by atoms with E-state index < -0.39 is 10.7 Å². The van der Waals surface area contributed by atoms with E-state index in [-0.39, 0.29) is 23.4 Å². The van der Waals surface area contributed by atoms with Gasteiger partial charge in [0.25, 0.3) is 5.69 Å². The predicted molar refractivity (Wildman–Crippen MR) is 70.3 cm³/mol. The summed E-state index contributed by atoms with van der Waals surface area (Å²) in [5.41, 5.74) is 0.0591. The smallest absolute Gasteiger partial charge is 0.281 e. The van der Waals surface area contributed by atoms with Crippen LogP contribution in [0, 0.1) is 27.8 Å². The number of anilines is 1. The first kappa shape index (κ1) is 12.8. The van der Waals surface area contributed by atoms with Gasteiger partial charge in [0.2, 0.25) is 0 Å². The summed E-state index contributed by atoms with van der Waals surface area (Å²) in [6.45, 7) is 1.92. The predicted octanol–water partition coefficient (Wildman–Crippen LogP) is 2.72. The lowest BCUT2D eigenvalue weighted by Crippen LogP contribution is -2.04. The third-order valence-electron chi connectivity index (χ3n) is 2.55. The van der Waals surface area contributed by atoms with E-state index in [4.69, 9.17) is 0 Å². The average Bonchev–Trinajstić information content (AvgIpc) is 2.40. The zero-order chi connectivity index (χ0) is 13.8. The number of hydrogen-bond acceptors (Lipinski definition) is 4. The maximum atomic E-state index is 13.9.